The molecule has 6 nitrogen and oxygen atoms in total. The third-order valence-electron chi connectivity index (χ3n) is 5.76. The minimum absolute atomic E-state index is 0.0869. The predicted octanol–water partition coefficient (Wildman–Crippen LogP) is 5.09. The molecule has 4 rings (SSSR count). The Kier molecular flexibility index (Phi) is 6.99. The molecule has 0 radical (unpaired) electrons. The molecule has 2 heterocycles. The fourth-order valence-corrected chi connectivity index (χ4v) is 5.08. The molecule has 0 fully saturated rings. The van der Waals surface area contributed by atoms with Crippen LogP contribution in [0.15, 0.2) is 88.0 Å². The molecule has 2 aliphatic rings. The Balaban J connectivity index is 1.62. The zero-order valence-electron chi connectivity index (χ0n) is 18.9. The molecule has 170 valence electrons. The Morgan fingerprint density at radius 1 is 1.12 bits per heavy atom. The van der Waals surface area contributed by atoms with E-state index in [-0.39, 0.29) is 18.4 Å². The Bertz CT molecular complexity index is 1130. The number of rotatable bonds is 7. The smallest absolute Gasteiger partial charge is 0.338 e. The van der Waals surface area contributed by atoms with Gasteiger partial charge in [0, 0.05) is 5.70 Å². The van der Waals surface area contributed by atoms with E-state index in [1.165, 1.54) is 18.9 Å². The first-order chi connectivity index (χ1) is 16.0. The maximum absolute atomic E-state index is 13.0. The maximum Gasteiger partial charge on any atom is 0.338 e. The van der Waals surface area contributed by atoms with Crippen molar-refractivity contribution in [3.05, 3.63) is 94.2 Å². The number of esters is 1. The number of carbonyl (C=O) groups excluding carboxylic acids is 2. The number of benzene rings is 2. The Labute approximate surface area is 198 Å². The largest absolute Gasteiger partial charge is 0.466 e. The zero-order valence-corrected chi connectivity index (χ0v) is 19.8. The number of nitrogens with one attached hydrogen (secondary N) is 1. The van der Waals surface area contributed by atoms with Gasteiger partial charge in [-0.05, 0) is 29.9 Å². The average Bonchev–Trinajstić information content (AvgIpc) is 3.25. The fourth-order valence-electron chi connectivity index (χ4n) is 4.15. The maximum atomic E-state index is 13.0. The minimum atomic E-state index is -0.401. The molecule has 0 aromatic heterocycles. The van der Waals surface area contributed by atoms with Gasteiger partial charge in [0.2, 0.25) is 5.91 Å². The molecule has 33 heavy (non-hydrogen) atoms. The van der Waals surface area contributed by atoms with Crippen LogP contribution in [0.4, 0.5) is 0 Å². The van der Waals surface area contributed by atoms with Crippen LogP contribution in [-0.2, 0) is 14.3 Å². The fraction of sp³-hybridized carbons (Fsp3) is 0.269. The van der Waals surface area contributed by atoms with Gasteiger partial charge >= 0.3 is 5.97 Å². The highest BCUT2D eigenvalue weighted by Crippen LogP contribution is 2.45. The van der Waals surface area contributed by atoms with E-state index in [1.807, 2.05) is 84.8 Å². The molecule has 0 aliphatic carbocycles. The molecule has 2 aliphatic heterocycles. The van der Waals surface area contributed by atoms with Crippen molar-refractivity contribution in [3.63, 3.8) is 0 Å². The molecule has 0 saturated carbocycles. The van der Waals surface area contributed by atoms with Crippen LogP contribution in [0.5, 0.6) is 0 Å². The number of methoxy groups -OCH3 is 1. The average molecular weight is 462 g/mol. The summed E-state index contributed by atoms with van der Waals surface area (Å²) in [4.78, 5) is 32.6. The molecule has 0 bridgehead atoms. The molecule has 7 heteroatoms. The number of nitrogens with zero attached hydrogens (tertiary/aromatic N) is 2. The molecular weight excluding hydrogens is 434 g/mol. The van der Waals surface area contributed by atoms with Crippen molar-refractivity contribution >= 4 is 28.8 Å². The van der Waals surface area contributed by atoms with Crippen molar-refractivity contribution in [2.24, 2.45) is 4.99 Å². The molecule has 0 spiro atoms. The monoisotopic (exact) mass is 461 g/mol. The van der Waals surface area contributed by atoms with Crippen molar-refractivity contribution in [2.75, 3.05) is 7.11 Å². The molecule has 1 N–H and O–H groups in total. The topological polar surface area (TPSA) is 71.0 Å². The predicted molar refractivity (Wildman–Crippen MR) is 131 cm³/mol. The summed E-state index contributed by atoms with van der Waals surface area (Å²) in [6.07, 6.45) is 0.790. The number of ether oxygens (including phenoxy) is 1. The van der Waals surface area contributed by atoms with Crippen LogP contribution in [0, 0.1) is 0 Å². The van der Waals surface area contributed by atoms with Crippen LogP contribution in [-0.4, -0.2) is 29.1 Å². The van der Waals surface area contributed by atoms with Crippen molar-refractivity contribution in [1.29, 1.82) is 0 Å². The van der Waals surface area contributed by atoms with Gasteiger partial charge in [-0.1, -0.05) is 79.3 Å². The highest BCUT2D eigenvalue weighted by Gasteiger charge is 2.41. The van der Waals surface area contributed by atoms with E-state index in [9.17, 15) is 9.59 Å². The van der Waals surface area contributed by atoms with E-state index in [4.69, 9.17) is 9.73 Å². The summed E-state index contributed by atoms with van der Waals surface area (Å²) in [6, 6.07) is 19.2. The minimum Gasteiger partial charge on any atom is -0.466 e. The molecule has 0 unspecified atom stereocenters. The summed E-state index contributed by atoms with van der Waals surface area (Å²) >= 11 is 1.48. The number of hydrogen-bond acceptors (Lipinski definition) is 6. The summed E-state index contributed by atoms with van der Waals surface area (Å²) in [5.74, 6) is -0.488. The Morgan fingerprint density at radius 3 is 2.42 bits per heavy atom. The molecule has 2 aromatic carbocycles. The third kappa shape index (κ3) is 4.73. The van der Waals surface area contributed by atoms with Gasteiger partial charge in [-0.3, -0.25) is 4.79 Å². The van der Waals surface area contributed by atoms with Gasteiger partial charge in [0.1, 0.15) is 0 Å². The summed E-state index contributed by atoms with van der Waals surface area (Å²) in [5.41, 5.74) is 4.03. The van der Waals surface area contributed by atoms with Gasteiger partial charge in [0.25, 0.3) is 0 Å². The van der Waals surface area contributed by atoms with Crippen molar-refractivity contribution in [2.45, 2.75) is 38.8 Å². The second-order valence-corrected chi connectivity index (χ2v) is 8.72. The van der Waals surface area contributed by atoms with Gasteiger partial charge in [0.15, 0.2) is 5.17 Å². The molecular formula is C26H27N3O3S. The lowest BCUT2D eigenvalue weighted by Gasteiger charge is -2.36. The second-order valence-electron chi connectivity index (χ2n) is 7.89. The summed E-state index contributed by atoms with van der Waals surface area (Å²) in [5, 5.41) is 5.80. The number of aliphatic imine (C=N–C) groups is 1. The van der Waals surface area contributed by atoms with Crippen LogP contribution in [0.25, 0.3) is 0 Å². The van der Waals surface area contributed by atoms with Crippen LogP contribution < -0.4 is 5.32 Å². The number of allylic oxidation sites excluding steroid dienone is 1. The first-order valence-corrected chi connectivity index (χ1v) is 11.9. The van der Waals surface area contributed by atoms with Crippen LogP contribution in [0.1, 0.15) is 49.9 Å². The SMILES string of the molecule is CCC1=C(C(=O)OC)[C@H](c2ccccc2)N2C(CC(=O)N[C@H](C)c3ccccc3)=CSC2=N1. The normalized spacial score (nSPS) is 18.3. The Hall–Kier alpha value is -3.32. The molecule has 2 atom stereocenters. The zero-order chi connectivity index (χ0) is 23.4. The van der Waals surface area contributed by atoms with Crippen LogP contribution in [0.3, 0.4) is 0 Å². The molecule has 1 amide bonds. The highest BCUT2D eigenvalue weighted by molar-refractivity contribution is 8.16. The number of thioether (sulfide) groups is 1. The number of hydrogen-bond donors (Lipinski definition) is 1. The van der Waals surface area contributed by atoms with E-state index < -0.39 is 12.0 Å². The first-order valence-electron chi connectivity index (χ1n) is 11.0. The van der Waals surface area contributed by atoms with Gasteiger partial charge in [-0.25, -0.2) is 9.79 Å². The quantitative estimate of drug-likeness (QED) is 0.582. The lowest BCUT2D eigenvalue weighted by Crippen LogP contribution is -2.38. The second kappa shape index (κ2) is 10.1. The lowest BCUT2D eigenvalue weighted by molar-refractivity contribution is -0.136. The summed E-state index contributed by atoms with van der Waals surface area (Å²) in [6.45, 7) is 3.95. The van der Waals surface area contributed by atoms with Crippen molar-refractivity contribution in [3.8, 4) is 0 Å². The van der Waals surface area contributed by atoms with Gasteiger partial charge in [-0.15, -0.1) is 0 Å². The summed E-state index contributed by atoms with van der Waals surface area (Å²) in [7, 11) is 1.39. The van der Waals surface area contributed by atoms with Gasteiger partial charge < -0.3 is 15.0 Å². The third-order valence-corrected chi connectivity index (χ3v) is 6.65. The Morgan fingerprint density at radius 2 is 1.79 bits per heavy atom. The molecule has 2 aromatic rings. The van der Waals surface area contributed by atoms with Crippen molar-refractivity contribution < 1.29 is 14.3 Å². The number of amidine groups is 1. The standard InChI is InChI=1S/C26H27N3O3S/c1-4-21-23(25(31)32-3)24(19-13-9-6-10-14-19)29-20(16-33-26(29)28-21)15-22(30)27-17(2)18-11-7-5-8-12-18/h5-14,16-17,24H,4,15H2,1-3H3,(H,27,30)/t17-,24+/m1/s1. The number of amides is 1. The molecule has 0 saturated heterocycles. The first kappa shape index (κ1) is 22.9. The van der Waals surface area contributed by atoms with Crippen LogP contribution in [0.2, 0.25) is 0 Å². The number of carbonyl (C=O) groups is 2. The number of fused-ring (bicyclic) bond motifs is 1. The van der Waals surface area contributed by atoms with E-state index >= 15 is 0 Å². The van der Waals surface area contributed by atoms with Gasteiger partial charge in [0.05, 0.1) is 36.9 Å². The van der Waals surface area contributed by atoms with E-state index in [1.54, 1.807) is 0 Å². The van der Waals surface area contributed by atoms with E-state index in [0.717, 1.165) is 22.0 Å². The van der Waals surface area contributed by atoms with Crippen LogP contribution >= 0.6 is 11.8 Å². The highest BCUT2D eigenvalue weighted by atomic mass is 32.2. The van der Waals surface area contributed by atoms with E-state index in [0.29, 0.717) is 17.7 Å². The van der Waals surface area contributed by atoms with E-state index in [2.05, 4.69) is 5.32 Å². The summed E-state index contributed by atoms with van der Waals surface area (Å²) < 4.78 is 5.14. The van der Waals surface area contributed by atoms with Crippen molar-refractivity contribution in [1.82, 2.24) is 10.2 Å². The van der Waals surface area contributed by atoms with Gasteiger partial charge in [-0.2, -0.15) is 0 Å². The lowest BCUT2D eigenvalue weighted by atomic mass is 9.93.